The second-order valence-electron chi connectivity index (χ2n) is 4.71. The number of rotatable bonds is 6. The van der Waals surface area contributed by atoms with Crippen LogP contribution in [0.4, 0.5) is 0 Å². The number of hydrogen-bond donors (Lipinski definition) is 2. The Morgan fingerprint density at radius 2 is 2.24 bits per heavy atom. The third kappa shape index (κ3) is 3.82. The molecular formula is C13H22N2OS. The molecule has 0 radical (unpaired) electrons. The molecule has 1 amide bonds. The Morgan fingerprint density at radius 3 is 2.71 bits per heavy atom. The van der Waals surface area contributed by atoms with Gasteiger partial charge in [0.25, 0.3) is 0 Å². The van der Waals surface area contributed by atoms with Crippen molar-refractivity contribution in [3.05, 3.63) is 22.4 Å². The first kappa shape index (κ1) is 14.2. The van der Waals surface area contributed by atoms with Crippen molar-refractivity contribution < 1.29 is 4.79 Å². The quantitative estimate of drug-likeness (QED) is 0.819. The maximum absolute atomic E-state index is 12.1. The SMILES string of the molecule is CCCC(NC(=O)C(C)(C)NC)c1cccs1. The van der Waals surface area contributed by atoms with Crippen molar-refractivity contribution >= 4 is 17.2 Å². The average molecular weight is 254 g/mol. The Hall–Kier alpha value is -0.870. The molecule has 0 bridgehead atoms. The summed E-state index contributed by atoms with van der Waals surface area (Å²) in [6, 6.07) is 4.25. The largest absolute Gasteiger partial charge is 0.347 e. The summed E-state index contributed by atoms with van der Waals surface area (Å²) in [7, 11) is 1.81. The molecule has 0 spiro atoms. The molecule has 0 aromatic carbocycles. The van der Waals surface area contributed by atoms with Crippen molar-refractivity contribution in [1.82, 2.24) is 10.6 Å². The lowest BCUT2D eigenvalue weighted by Gasteiger charge is -2.26. The summed E-state index contributed by atoms with van der Waals surface area (Å²) < 4.78 is 0. The van der Waals surface area contributed by atoms with E-state index in [2.05, 4.69) is 23.6 Å². The van der Waals surface area contributed by atoms with Crippen LogP contribution in [0.3, 0.4) is 0 Å². The molecule has 3 nitrogen and oxygen atoms in total. The monoisotopic (exact) mass is 254 g/mol. The van der Waals surface area contributed by atoms with E-state index >= 15 is 0 Å². The van der Waals surface area contributed by atoms with Crippen molar-refractivity contribution in [2.24, 2.45) is 0 Å². The van der Waals surface area contributed by atoms with Crippen molar-refractivity contribution in [2.75, 3.05) is 7.05 Å². The third-order valence-corrected chi connectivity index (χ3v) is 3.95. The van der Waals surface area contributed by atoms with E-state index in [0.717, 1.165) is 12.8 Å². The molecule has 1 unspecified atom stereocenters. The summed E-state index contributed by atoms with van der Waals surface area (Å²) in [5.41, 5.74) is -0.525. The first-order chi connectivity index (χ1) is 8.01. The number of amides is 1. The zero-order valence-corrected chi connectivity index (χ0v) is 11.9. The van der Waals surface area contributed by atoms with E-state index in [1.807, 2.05) is 25.3 Å². The van der Waals surface area contributed by atoms with Crippen LogP contribution in [0.1, 0.15) is 44.5 Å². The topological polar surface area (TPSA) is 41.1 Å². The normalized spacial score (nSPS) is 13.4. The molecule has 1 aromatic heterocycles. The van der Waals surface area contributed by atoms with E-state index in [9.17, 15) is 4.79 Å². The number of thiophene rings is 1. The summed E-state index contributed by atoms with van der Waals surface area (Å²) in [5, 5.41) is 8.19. The molecular weight excluding hydrogens is 232 g/mol. The zero-order chi connectivity index (χ0) is 12.9. The van der Waals surface area contributed by atoms with Crippen molar-refractivity contribution in [1.29, 1.82) is 0 Å². The lowest BCUT2D eigenvalue weighted by molar-refractivity contribution is -0.127. The maximum Gasteiger partial charge on any atom is 0.240 e. The van der Waals surface area contributed by atoms with Crippen LogP contribution < -0.4 is 10.6 Å². The van der Waals surface area contributed by atoms with Crippen molar-refractivity contribution in [3.8, 4) is 0 Å². The number of nitrogens with one attached hydrogen (secondary N) is 2. The van der Waals surface area contributed by atoms with E-state index in [0.29, 0.717) is 0 Å². The second kappa shape index (κ2) is 6.17. The van der Waals surface area contributed by atoms with E-state index in [1.54, 1.807) is 18.4 Å². The highest BCUT2D eigenvalue weighted by atomic mass is 32.1. The van der Waals surface area contributed by atoms with Gasteiger partial charge in [0.1, 0.15) is 0 Å². The summed E-state index contributed by atoms with van der Waals surface area (Å²) in [6.45, 7) is 5.91. The molecule has 4 heteroatoms. The van der Waals surface area contributed by atoms with Gasteiger partial charge in [-0.05, 0) is 38.8 Å². The van der Waals surface area contributed by atoms with Crippen LogP contribution in [0, 0.1) is 0 Å². The van der Waals surface area contributed by atoms with Gasteiger partial charge in [0.2, 0.25) is 5.91 Å². The van der Waals surface area contributed by atoms with E-state index in [-0.39, 0.29) is 11.9 Å². The Bertz CT molecular complexity index is 346. The lowest BCUT2D eigenvalue weighted by Crippen LogP contribution is -2.51. The highest BCUT2D eigenvalue weighted by molar-refractivity contribution is 7.10. The minimum absolute atomic E-state index is 0.0480. The van der Waals surface area contributed by atoms with Crippen molar-refractivity contribution in [3.63, 3.8) is 0 Å². The summed E-state index contributed by atoms with van der Waals surface area (Å²) in [6.07, 6.45) is 2.04. The third-order valence-electron chi connectivity index (χ3n) is 2.96. The van der Waals surface area contributed by atoms with Crippen LogP contribution in [0.15, 0.2) is 17.5 Å². The number of hydrogen-bond acceptors (Lipinski definition) is 3. The van der Waals surface area contributed by atoms with Crippen molar-refractivity contribution in [2.45, 2.75) is 45.2 Å². The molecule has 0 saturated carbocycles. The fourth-order valence-corrected chi connectivity index (χ4v) is 2.33. The Morgan fingerprint density at radius 1 is 1.53 bits per heavy atom. The molecule has 96 valence electrons. The predicted molar refractivity (Wildman–Crippen MR) is 73.2 cm³/mol. The average Bonchev–Trinajstić information content (AvgIpc) is 2.81. The summed E-state index contributed by atoms with van der Waals surface area (Å²) in [4.78, 5) is 13.3. The van der Waals surface area contributed by atoms with E-state index < -0.39 is 5.54 Å². The van der Waals surface area contributed by atoms with Gasteiger partial charge in [0.15, 0.2) is 0 Å². The minimum Gasteiger partial charge on any atom is -0.347 e. The molecule has 1 aromatic rings. The van der Waals surface area contributed by atoms with Gasteiger partial charge in [-0.1, -0.05) is 19.4 Å². The van der Waals surface area contributed by atoms with Gasteiger partial charge in [-0.25, -0.2) is 0 Å². The van der Waals surface area contributed by atoms with Crippen LogP contribution in [0.2, 0.25) is 0 Å². The first-order valence-corrected chi connectivity index (χ1v) is 6.92. The Labute approximate surface area is 108 Å². The number of likely N-dealkylation sites (N-methyl/N-ethyl adjacent to an activating group) is 1. The highest BCUT2D eigenvalue weighted by Gasteiger charge is 2.27. The lowest BCUT2D eigenvalue weighted by atomic mass is 10.0. The molecule has 0 aliphatic carbocycles. The van der Waals surface area contributed by atoms with Gasteiger partial charge in [0, 0.05) is 4.88 Å². The van der Waals surface area contributed by atoms with Crippen LogP contribution in [0.25, 0.3) is 0 Å². The van der Waals surface area contributed by atoms with Crippen LogP contribution in [-0.4, -0.2) is 18.5 Å². The second-order valence-corrected chi connectivity index (χ2v) is 5.68. The van der Waals surface area contributed by atoms with Gasteiger partial charge in [-0.15, -0.1) is 11.3 Å². The molecule has 0 fully saturated rings. The molecule has 1 heterocycles. The molecule has 1 rings (SSSR count). The molecule has 0 saturated heterocycles. The molecule has 17 heavy (non-hydrogen) atoms. The standard InChI is InChI=1S/C13H22N2OS/c1-5-7-10(11-8-6-9-17-11)15-12(16)13(2,3)14-4/h6,8-10,14H,5,7H2,1-4H3,(H,15,16). The van der Waals surface area contributed by atoms with E-state index in [1.165, 1.54) is 4.88 Å². The molecule has 1 atom stereocenters. The van der Waals surface area contributed by atoms with Gasteiger partial charge in [-0.3, -0.25) is 4.79 Å². The smallest absolute Gasteiger partial charge is 0.240 e. The molecule has 0 aliphatic heterocycles. The maximum atomic E-state index is 12.1. The van der Waals surface area contributed by atoms with Crippen LogP contribution >= 0.6 is 11.3 Å². The van der Waals surface area contributed by atoms with Gasteiger partial charge < -0.3 is 10.6 Å². The fourth-order valence-electron chi connectivity index (χ4n) is 1.52. The first-order valence-electron chi connectivity index (χ1n) is 6.04. The summed E-state index contributed by atoms with van der Waals surface area (Å²) in [5.74, 6) is 0.0480. The predicted octanol–water partition coefficient (Wildman–Crippen LogP) is 2.70. The van der Waals surface area contributed by atoms with E-state index in [4.69, 9.17) is 0 Å². The van der Waals surface area contributed by atoms with Gasteiger partial charge in [-0.2, -0.15) is 0 Å². The zero-order valence-electron chi connectivity index (χ0n) is 11.0. The van der Waals surface area contributed by atoms with Gasteiger partial charge in [0.05, 0.1) is 11.6 Å². The minimum atomic E-state index is -0.525. The Kier molecular flexibility index (Phi) is 5.15. The molecule has 0 aliphatic rings. The number of carbonyl (C=O) groups excluding carboxylic acids is 1. The van der Waals surface area contributed by atoms with Crippen LogP contribution in [-0.2, 0) is 4.79 Å². The summed E-state index contributed by atoms with van der Waals surface area (Å²) >= 11 is 1.70. The van der Waals surface area contributed by atoms with Gasteiger partial charge >= 0.3 is 0 Å². The number of carbonyl (C=O) groups is 1. The van der Waals surface area contributed by atoms with Crippen LogP contribution in [0.5, 0.6) is 0 Å². The Balaban J connectivity index is 2.71. The fraction of sp³-hybridized carbons (Fsp3) is 0.615. The molecule has 2 N–H and O–H groups in total. The highest BCUT2D eigenvalue weighted by Crippen LogP contribution is 2.23.